The molecule has 0 spiro atoms. The molecule has 0 aliphatic heterocycles. The number of hydrogen-bond acceptors (Lipinski definition) is 2. The first-order chi connectivity index (χ1) is 5.24. The van der Waals surface area contributed by atoms with E-state index in [2.05, 4.69) is 17.2 Å². The van der Waals surface area contributed by atoms with Crippen molar-refractivity contribution in [1.29, 1.82) is 0 Å². The molecule has 0 aromatic rings. The Labute approximate surface area is 72.5 Å². The lowest BCUT2D eigenvalue weighted by atomic mass is 10.2. The second-order valence-corrected chi connectivity index (χ2v) is 2.54. The molecule has 0 saturated heterocycles. The van der Waals surface area contributed by atoms with Gasteiger partial charge in [-0.25, -0.2) is 0 Å². The van der Waals surface area contributed by atoms with Crippen molar-refractivity contribution in [1.82, 2.24) is 10.6 Å². The zero-order chi connectivity index (χ0) is 8.69. The summed E-state index contributed by atoms with van der Waals surface area (Å²) < 4.78 is 0. The number of hydrogen-bond donors (Lipinski definition) is 3. The molecule has 0 heterocycles. The average molecular weight is 174 g/mol. The Bertz CT molecular complexity index is 138. The van der Waals surface area contributed by atoms with E-state index < -0.39 is 0 Å². The smallest absolute Gasteiger partial charge is 0.166 e. The van der Waals surface area contributed by atoms with Gasteiger partial charge in [0.15, 0.2) is 5.11 Å². The molecule has 3 N–H and O–H groups in total. The molecule has 0 aromatic heterocycles. The normalized spacial score (nSPS) is 11.8. The summed E-state index contributed by atoms with van der Waals surface area (Å²) in [7, 11) is 1.73. The minimum absolute atomic E-state index is 0.0209. The molecule has 0 rings (SSSR count). The molecule has 0 aliphatic rings. The predicted octanol–water partition coefficient (Wildman–Crippen LogP) is 0.0173. The third-order valence-electron chi connectivity index (χ3n) is 1.23. The number of thiocarbonyl (C=S) groups is 1. The summed E-state index contributed by atoms with van der Waals surface area (Å²) in [6.45, 7) is 3.63. The molecule has 1 unspecified atom stereocenters. The maximum atomic E-state index is 8.80. The lowest BCUT2D eigenvalue weighted by Gasteiger charge is -2.15. The zero-order valence-electron chi connectivity index (χ0n) is 6.63. The van der Waals surface area contributed by atoms with Gasteiger partial charge in [0.1, 0.15) is 0 Å². The number of rotatable bonds is 4. The van der Waals surface area contributed by atoms with Gasteiger partial charge in [-0.05, 0) is 18.6 Å². The first-order valence-corrected chi connectivity index (χ1v) is 3.85. The van der Waals surface area contributed by atoms with Crippen molar-refractivity contribution < 1.29 is 5.11 Å². The number of aliphatic hydroxyl groups is 1. The van der Waals surface area contributed by atoms with E-state index in [4.69, 9.17) is 17.3 Å². The Balaban J connectivity index is 3.67. The van der Waals surface area contributed by atoms with Crippen LogP contribution in [0.25, 0.3) is 0 Å². The van der Waals surface area contributed by atoms with Crippen molar-refractivity contribution in [3.05, 3.63) is 12.7 Å². The highest BCUT2D eigenvalue weighted by Crippen LogP contribution is 1.90. The molecule has 1 atom stereocenters. The molecule has 0 bridgehead atoms. The summed E-state index contributed by atoms with van der Waals surface area (Å²) in [5.41, 5.74) is 0. The van der Waals surface area contributed by atoms with E-state index in [1.807, 2.05) is 0 Å². The van der Waals surface area contributed by atoms with Gasteiger partial charge in [0.25, 0.3) is 0 Å². The molecule has 64 valence electrons. The van der Waals surface area contributed by atoms with E-state index in [9.17, 15) is 0 Å². The van der Waals surface area contributed by atoms with Gasteiger partial charge in [0.2, 0.25) is 0 Å². The molecule has 0 saturated carbocycles. The zero-order valence-corrected chi connectivity index (χ0v) is 7.45. The summed E-state index contributed by atoms with van der Waals surface area (Å²) in [4.78, 5) is 0. The standard InChI is InChI=1S/C7H14N2OS/c1-3-4-6(5-10)9-7(11)8-2/h3,6,10H,1,4-5H2,2H3,(H2,8,9,11). The van der Waals surface area contributed by atoms with Crippen molar-refractivity contribution in [2.24, 2.45) is 0 Å². The maximum Gasteiger partial charge on any atom is 0.166 e. The van der Waals surface area contributed by atoms with Crippen molar-refractivity contribution in [2.45, 2.75) is 12.5 Å². The Morgan fingerprint density at radius 2 is 2.45 bits per heavy atom. The average Bonchev–Trinajstić information content (AvgIpc) is 2.03. The Kier molecular flexibility index (Phi) is 5.78. The lowest BCUT2D eigenvalue weighted by Crippen LogP contribution is -2.41. The molecule has 0 amide bonds. The van der Waals surface area contributed by atoms with Crippen LogP contribution < -0.4 is 10.6 Å². The fraction of sp³-hybridized carbons (Fsp3) is 0.571. The van der Waals surface area contributed by atoms with Crippen LogP contribution in [-0.4, -0.2) is 29.9 Å². The third kappa shape index (κ3) is 4.75. The molecule has 0 fully saturated rings. The van der Waals surface area contributed by atoms with Crippen LogP contribution in [0.2, 0.25) is 0 Å². The van der Waals surface area contributed by atoms with Crippen molar-refractivity contribution in [2.75, 3.05) is 13.7 Å². The number of aliphatic hydroxyl groups excluding tert-OH is 1. The quantitative estimate of drug-likeness (QED) is 0.415. The van der Waals surface area contributed by atoms with Crippen molar-refractivity contribution in [3.63, 3.8) is 0 Å². The van der Waals surface area contributed by atoms with E-state index >= 15 is 0 Å². The van der Waals surface area contributed by atoms with Crippen LogP contribution in [0.15, 0.2) is 12.7 Å². The maximum absolute atomic E-state index is 8.80. The highest BCUT2D eigenvalue weighted by atomic mass is 32.1. The van der Waals surface area contributed by atoms with Crippen LogP contribution >= 0.6 is 12.2 Å². The number of nitrogens with one attached hydrogen (secondary N) is 2. The fourth-order valence-corrected chi connectivity index (χ4v) is 0.805. The van der Waals surface area contributed by atoms with E-state index in [1.54, 1.807) is 13.1 Å². The minimum Gasteiger partial charge on any atom is -0.394 e. The van der Waals surface area contributed by atoms with Gasteiger partial charge in [-0.3, -0.25) is 0 Å². The molecule has 3 nitrogen and oxygen atoms in total. The van der Waals surface area contributed by atoms with Gasteiger partial charge in [-0.2, -0.15) is 0 Å². The monoisotopic (exact) mass is 174 g/mol. The SMILES string of the molecule is C=CCC(CO)NC(=S)NC. The largest absolute Gasteiger partial charge is 0.394 e. The van der Waals surface area contributed by atoms with Crippen LogP contribution in [0.3, 0.4) is 0 Å². The van der Waals surface area contributed by atoms with Gasteiger partial charge in [0.05, 0.1) is 12.6 Å². The second kappa shape index (κ2) is 6.12. The fourth-order valence-electron chi connectivity index (χ4n) is 0.638. The van der Waals surface area contributed by atoms with E-state index in [0.717, 1.165) is 0 Å². The van der Waals surface area contributed by atoms with Crippen LogP contribution in [0.1, 0.15) is 6.42 Å². The van der Waals surface area contributed by atoms with Crippen molar-refractivity contribution in [3.8, 4) is 0 Å². The van der Waals surface area contributed by atoms with Crippen molar-refractivity contribution >= 4 is 17.3 Å². The first-order valence-electron chi connectivity index (χ1n) is 3.44. The van der Waals surface area contributed by atoms with E-state index in [0.29, 0.717) is 11.5 Å². The van der Waals surface area contributed by atoms with Crippen LogP contribution in [0.5, 0.6) is 0 Å². The van der Waals surface area contributed by atoms with Gasteiger partial charge < -0.3 is 15.7 Å². The van der Waals surface area contributed by atoms with Gasteiger partial charge in [-0.1, -0.05) is 6.08 Å². The molecular weight excluding hydrogens is 160 g/mol. The highest BCUT2D eigenvalue weighted by molar-refractivity contribution is 7.80. The summed E-state index contributed by atoms with van der Waals surface area (Å²) >= 11 is 4.84. The summed E-state index contributed by atoms with van der Waals surface area (Å²) in [6.07, 6.45) is 2.45. The van der Waals surface area contributed by atoms with Crippen LogP contribution in [0, 0.1) is 0 Å². The molecule has 0 aliphatic carbocycles. The van der Waals surface area contributed by atoms with E-state index in [1.165, 1.54) is 0 Å². The Morgan fingerprint density at radius 3 is 2.82 bits per heavy atom. The molecule has 0 radical (unpaired) electrons. The summed E-state index contributed by atoms with van der Waals surface area (Å²) in [6, 6.07) is -0.0209. The van der Waals surface area contributed by atoms with E-state index in [-0.39, 0.29) is 12.6 Å². The minimum atomic E-state index is -0.0209. The summed E-state index contributed by atoms with van der Waals surface area (Å²) in [5.74, 6) is 0. The van der Waals surface area contributed by atoms with Gasteiger partial charge in [-0.15, -0.1) is 6.58 Å². The molecule has 4 heteroatoms. The van der Waals surface area contributed by atoms with Crippen LogP contribution in [0.4, 0.5) is 0 Å². The summed E-state index contributed by atoms with van der Waals surface area (Å²) in [5, 5.41) is 15.0. The Morgan fingerprint density at radius 1 is 1.82 bits per heavy atom. The van der Waals surface area contributed by atoms with Gasteiger partial charge in [0, 0.05) is 7.05 Å². The van der Waals surface area contributed by atoms with Gasteiger partial charge >= 0.3 is 0 Å². The highest BCUT2D eigenvalue weighted by Gasteiger charge is 2.04. The topological polar surface area (TPSA) is 44.3 Å². The Hall–Kier alpha value is -0.610. The first kappa shape index (κ1) is 10.4. The predicted molar refractivity (Wildman–Crippen MR) is 50.5 cm³/mol. The molecular formula is C7H14N2OS. The lowest BCUT2D eigenvalue weighted by molar-refractivity contribution is 0.256. The second-order valence-electron chi connectivity index (χ2n) is 2.13. The third-order valence-corrected chi connectivity index (χ3v) is 1.56. The van der Waals surface area contributed by atoms with Crippen LogP contribution in [-0.2, 0) is 0 Å². The molecule has 0 aromatic carbocycles. The molecule has 11 heavy (non-hydrogen) atoms.